The molecule has 2 heterocycles. The van der Waals surface area contributed by atoms with Gasteiger partial charge in [0.25, 0.3) is 17.3 Å². The highest BCUT2D eigenvalue weighted by Crippen LogP contribution is 2.24. The number of amides is 1. The molecule has 0 unspecified atom stereocenters. The number of nitro benzene ring substituents is 2. The summed E-state index contributed by atoms with van der Waals surface area (Å²) in [6.07, 6.45) is 0. The van der Waals surface area contributed by atoms with Crippen molar-refractivity contribution in [3.63, 3.8) is 0 Å². The summed E-state index contributed by atoms with van der Waals surface area (Å²) >= 11 is 1.68. The van der Waals surface area contributed by atoms with E-state index in [1.54, 1.807) is 16.2 Å². The average molecular weight is 376 g/mol. The smallest absolute Gasteiger partial charge is 0.277 e. The lowest BCUT2D eigenvalue weighted by atomic mass is 10.1. The van der Waals surface area contributed by atoms with E-state index in [9.17, 15) is 25.0 Å². The van der Waals surface area contributed by atoms with Crippen LogP contribution in [-0.2, 0) is 6.54 Å². The topological polar surface area (TPSA) is 110 Å². The van der Waals surface area contributed by atoms with Gasteiger partial charge in [0.15, 0.2) is 0 Å². The average Bonchev–Trinajstić information content (AvgIpc) is 3.14. The van der Waals surface area contributed by atoms with Crippen LogP contribution in [0.2, 0.25) is 0 Å². The van der Waals surface area contributed by atoms with E-state index in [0.29, 0.717) is 26.2 Å². The zero-order chi connectivity index (χ0) is 18.7. The fraction of sp³-hybridized carbons (Fsp3) is 0.312. The molecule has 1 aliphatic rings. The Morgan fingerprint density at radius 2 is 1.65 bits per heavy atom. The molecule has 0 N–H and O–H groups in total. The van der Waals surface area contributed by atoms with Gasteiger partial charge in [-0.05, 0) is 11.4 Å². The Balaban J connectivity index is 1.70. The Kier molecular flexibility index (Phi) is 5.24. The summed E-state index contributed by atoms with van der Waals surface area (Å²) in [7, 11) is 0. The molecule has 2 aromatic rings. The zero-order valence-electron chi connectivity index (χ0n) is 13.7. The van der Waals surface area contributed by atoms with Crippen molar-refractivity contribution >= 4 is 28.6 Å². The van der Waals surface area contributed by atoms with E-state index in [-0.39, 0.29) is 5.56 Å². The number of carbonyl (C=O) groups is 1. The lowest BCUT2D eigenvalue weighted by Crippen LogP contribution is -2.48. The van der Waals surface area contributed by atoms with Crippen molar-refractivity contribution in [3.8, 4) is 0 Å². The van der Waals surface area contributed by atoms with Gasteiger partial charge in [-0.25, -0.2) is 0 Å². The predicted octanol–water partition coefficient (Wildman–Crippen LogP) is 2.52. The summed E-state index contributed by atoms with van der Waals surface area (Å²) in [5.74, 6) is -0.424. The minimum atomic E-state index is -0.733. The first kappa shape index (κ1) is 18.0. The maximum Gasteiger partial charge on any atom is 0.277 e. The van der Waals surface area contributed by atoms with Crippen molar-refractivity contribution in [1.29, 1.82) is 0 Å². The van der Waals surface area contributed by atoms with Crippen LogP contribution in [-0.4, -0.2) is 51.7 Å². The van der Waals surface area contributed by atoms with E-state index in [4.69, 9.17) is 0 Å². The summed E-state index contributed by atoms with van der Waals surface area (Å²) < 4.78 is 0. The van der Waals surface area contributed by atoms with Crippen LogP contribution < -0.4 is 0 Å². The molecule has 0 spiro atoms. The summed E-state index contributed by atoms with van der Waals surface area (Å²) in [4.78, 5) is 38.2. The largest absolute Gasteiger partial charge is 0.336 e. The second-order valence-corrected chi connectivity index (χ2v) is 6.93. The number of nitro groups is 2. The molecule has 0 aliphatic carbocycles. The van der Waals surface area contributed by atoms with Crippen LogP contribution in [0.3, 0.4) is 0 Å². The Morgan fingerprint density at radius 3 is 2.15 bits per heavy atom. The molecule has 0 saturated carbocycles. The molecule has 0 bridgehead atoms. The number of carbonyl (C=O) groups excluding carboxylic acids is 1. The number of nitrogens with zero attached hydrogens (tertiary/aromatic N) is 4. The van der Waals surface area contributed by atoms with E-state index in [1.807, 2.05) is 11.4 Å². The van der Waals surface area contributed by atoms with Crippen LogP contribution in [0.15, 0.2) is 35.7 Å². The highest BCUT2D eigenvalue weighted by molar-refractivity contribution is 7.09. The molecule has 1 aromatic heterocycles. The quantitative estimate of drug-likeness (QED) is 0.586. The Morgan fingerprint density at radius 1 is 1.04 bits per heavy atom. The van der Waals surface area contributed by atoms with Crippen molar-refractivity contribution < 1.29 is 14.6 Å². The van der Waals surface area contributed by atoms with Gasteiger partial charge in [0, 0.05) is 49.7 Å². The van der Waals surface area contributed by atoms with Gasteiger partial charge >= 0.3 is 0 Å². The number of piperazine rings is 1. The summed E-state index contributed by atoms with van der Waals surface area (Å²) in [5.41, 5.74) is -0.949. The number of non-ortho nitro benzene ring substituents is 2. The molecule has 3 rings (SSSR count). The third-order valence-electron chi connectivity index (χ3n) is 4.19. The van der Waals surface area contributed by atoms with Crippen molar-refractivity contribution in [2.45, 2.75) is 6.54 Å². The van der Waals surface area contributed by atoms with E-state index in [1.165, 1.54) is 4.88 Å². The second kappa shape index (κ2) is 7.58. The molecule has 1 amide bonds. The maximum atomic E-state index is 12.6. The molecule has 1 saturated heterocycles. The van der Waals surface area contributed by atoms with E-state index >= 15 is 0 Å². The van der Waals surface area contributed by atoms with Crippen LogP contribution in [0, 0.1) is 20.2 Å². The molecule has 9 nitrogen and oxygen atoms in total. The molecule has 26 heavy (non-hydrogen) atoms. The van der Waals surface area contributed by atoms with Gasteiger partial charge in [0.1, 0.15) is 0 Å². The molecular weight excluding hydrogens is 360 g/mol. The molecule has 0 radical (unpaired) electrons. The van der Waals surface area contributed by atoms with Gasteiger partial charge in [-0.15, -0.1) is 11.3 Å². The third-order valence-corrected chi connectivity index (χ3v) is 5.05. The summed E-state index contributed by atoms with van der Waals surface area (Å²) in [6, 6.07) is 7.09. The normalized spacial score (nSPS) is 15.0. The third kappa shape index (κ3) is 4.03. The number of hydrogen-bond donors (Lipinski definition) is 0. The van der Waals surface area contributed by atoms with Crippen molar-refractivity contribution in [2.75, 3.05) is 26.2 Å². The summed E-state index contributed by atoms with van der Waals surface area (Å²) in [6.45, 7) is 3.13. The maximum absolute atomic E-state index is 12.6. The minimum absolute atomic E-state index is 0.0300. The zero-order valence-corrected chi connectivity index (χ0v) is 14.6. The van der Waals surface area contributed by atoms with Gasteiger partial charge < -0.3 is 4.90 Å². The van der Waals surface area contributed by atoms with Gasteiger partial charge in [0.2, 0.25) is 0 Å². The Bertz CT molecular complexity index is 799. The fourth-order valence-electron chi connectivity index (χ4n) is 2.84. The number of thiophene rings is 1. The van der Waals surface area contributed by atoms with Crippen molar-refractivity contribution in [1.82, 2.24) is 9.80 Å². The fourth-order valence-corrected chi connectivity index (χ4v) is 3.59. The van der Waals surface area contributed by atoms with Gasteiger partial charge in [-0.3, -0.25) is 29.9 Å². The van der Waals surface area contributed by atoms with Crippen LogP contribution in [0.4, 0.5) is 11.4 Å². The SMILES string of the molecule is O=C(c1cc([N+](=O)[O-])cc([N+](=O)[O-])c1)N1CCN(Cc2cccs2)CC1. The van der Waals surface area contributed by atoms with E-state index < -0.39 is 27.1 Å². The molecule has 1 aromatic carbocycles. The highest BCUT2D eigenvalue weighted by atomic mass is 32.1. The first-order chi connectivity index (χ1) is 12.4. The van der Waals surface area contributed by atoms with Gasteiger partial charge in [-0.2, -0.15) is 0 Å². The first-order valence-corrected chi connectivity index (χ1v) is 8.80. The number of benzene rings is 1. The van der Waals surface area contributed by atoms with Crippen LogP contribution >= 0.6 is 11.3 Å². The Hall–Kier alpha value is -2.85. The van der Waals surface area contributed by atoms with Crippen LogP contribution in [0.1, 0.15) is 15.2 Å². The molecule has 1 fully saturated rings. The second-order valence-electron chi connectivity index (χ2n) is 5.90. The molecular formula is C16H16N4O5S. The van der Waals surface area contributed by atoms with E-state index in [0.717, 1.165) is 24.7 Å². The lowest BCUT2D eigenvalue weighted by molar-refractivity contribution is -0.394. The lowest BCUT2D eigenvalue weighted by Gasteiger charge is -2.34. The molecule has 10 heteroatoms. The highest BCUT2D eigenvalue weighted by Gasteiger charge is 2.26. The summed E-state index contributed by atoms with van der Waals surface area (Å²) in [5, 5.41) is 24.0. The van der Waals surface area contributed by atoms with Crippen LogP contribution in [0.25, 0.3) is 0 Å². The number of rotatable bonds is 5. The molecule has 1 aliphatic heterocycles. The number of hydrogen-bond acceptors (Lipinski definition) is 7. The van der Waals surface area contributed by atoms with Gasteiger partial charge in [0.05, 0.1) is 21.5 Å². The van der Waals surface area contributed by atoms with Gasteiger partial charge in [-0.1, -0.05) is 6.07 Å². The Labute approximate surface area is 152 Å². The molecule has 136 valence electrons. The van der Waals surface area contributed by atoms with Crippen molar-refractivity contribution in [3.05, 3.63) is 66.4 Å². The standard InChI is InChI=1S/C16H16N4O5S/c21-16(12-8-13(19(22)23)10-14(9-12)20(24)25)18-5-3-17(4-6-18)11-15-2-1-7-26-15/h1-2,7-10H,3-6,11H2. The predicted molar refractivity (Wildman–Crippen MR) is 95.3 cm³/mol. The van der Waals surface area contributed by atoms with Crippen molar-refractivity contribution in [2.24, 2.45) is 0 Å². The van der Waals surface area contributed by atoms with Crippen LogP contribution in [0.5, 0.6) is 0 Å². The minimum Gasteiger partial charge on any atom is -0.336 e. The van der Waals surface area contributed by atoms with E-state index in [2.05, 4.69) is 11.0 Å². The molecule has 0 atom stereocenters. The monoisotopic (exact) mass is 376 g/mol. The first-order valence-electron chi connectivity index (χ1n) is 7.92.